The van der Waals surface area contributed by atoms with Crippen molar-refractivity contribution in [3.05, 3.63) is 36.5 Å². The third kappa shape index (κ3) is 3.98. The van der Waals surface area contributed by atoms with E-state index in [-0.39, 0.29) is 17.6 Å². The van der Waals surface area contributed by atoms with E-state index in [1.54, 1.807) is 18.3 Å². The summed E-state index contributed by atoms with van der Waals surface area (Å²) in [5, 5.41) is 11.7. The Morgan fingerprint density at radius 1 is 1.42 bits per heavy atom. The van der Waals surface area contributed by atoms with Crippen molar-refractivity contribution in [1.29, 1.82) is 0 Å². The van der Waals surface area contributed by atoms with Gasteiger partial charge in [0.2, 0.25) is 5.91 Å². The normalized spacial score (nSPS) is 10.1. The number of hydrogen-bond donors (Lipinski definition) is 3. The second-order valence-electron chi connectivity index (χ2n) is 3.87. The standard InChI is InChI=1S/C12H14N4O3/c17-11(16-9-7-14-15-8-9)4-1-5-13-12(18)10-3-2-6-19-10/h2-3,6-8H,1,4-5H2,(H,13,18)(H,14,15)(H,16,17). The zero-order valence-corrected chi connectivity index (χ0v) is 10.2. The number of nitrogens with zero attached hydrogens (tertiary/aromatic N) is 1. The highest BCUT2D eigenvalue weighted by molar-refractivity contribution is 5.91. The molecule has 0 aliphatic heterocycles. The van der Waals surface area contributed by atoms with Crippen LogP contribution in [0.2, 0.25) is 0 Å². The van der Waals surface area contributed by atoms with E-state index in [1.807, 2.05) is 0 Å². The molecule has 7 nitrogen and oxygen atoms in total. The van der Waals surface area contributed by atoms with Crippen LogP contribution in [0.1, 0.15) is 23.4 Å². The lowest BCUT2D eigenvalue weighted by atomic mass is 10.3. The van der Waals surface area contributed by atoms with Crippen molar-refractivity contribution in [2.45, 2.75) is 12.8 Å². The minimum atomic E-state index is -0.278. The van der Waals surface area contributed by atoms with Gasteiger partial charge in [-0.15, -0.1) is 0 Å². The molecule has 0 atom stereocenters. The number of carbonyl (C=O) groups excluding carboxylic acids is 2. The van der Waals surface area contributed by atoms with Crippen LogP contribution >= 0.6 is 0 Å². The largest absolute Gasteiger partial charge is 0.459 e. The van der Waals surface area contributed by atoms with E-state index >= 15 is 0 Å². The van der Waals surface area contributed by atoms with E-state index in [0.717, 1.165) is 0 Å². The highest BCUT2D eigenvalue weighted by Gasteiger charge is 2.08. The Hall–Kier alpha value is -2.57. The molecule has 0 unspecified atom stereocenters. The Morgan fingerprint density at radius 3 is 3.00 bits per heavy atom. The summed E-state index contributed by atoms with van der Waals surface area (Å²) in [5.74, 6) is -0.128. The predicted octanol–water partition coefficient (Wildman–Crippen LogP) is 1.15. The molecule has 2 amide bonds. The van der Waals surface area contributed by atoms with Crippen molar-refractivity contribution in [3.63, 3.8) is 0 Å². The smallest absolute Gasteiger partial charge is 0.286 e. The van der Waals surface area contributed by atoms with Crippen LogP contribution in [-0.2, 0) is 4.79 Å². The monoisotopic (exact) mass is 262 g/mol. The van der Waals surface area contributed by atoms with Gasteiger partial charge in [-0.2, -0.15) is 5.10 Å². The number of nitrogens with one attached hydrogen (secondary N) is 3. The lowest BCUT2D eigenvalue weighted by molar-refractivity contribution is -0.116. The van der Waals surface area contributed by atoms with Gasteiger partial charge in [-0.3, -0.25) is 14.7 Å². The molecular formula is C12H14N4O3. The summed E-state index contributed by atoms with van der Waals surface area (Å²) in [6.45, 7) is 0.415. The predicted molar refractivity (Wildman–Crippen MR) is 67.5 cm³/mol. The van der Waals surface area contributed by atoms with E-state index in [4.69, 9.17) is 4.42 Å². The molecule has 2 aromatic rings. The summed E-state index contributed by atoms with van der Waals surface area (Å²) >= 11 is 0. The first-order valence-corrected chi connectivity index (χ1v) is 5.86. The van der Waals surface area contributed by atoms with Crippen molar-refractivity contribution in [2.24, 2.45) is 0 Å². The maximum absolute atomic E-state index is 11.5. The minimum Gasteiger partial charge on any atom is -0.459 e. The first-order chi connectivity index (χ1) is 9.25. The van der Waals surface area contributed by atoms with Crippen molar-refractivity contribution in [2.75, 3.05) is 11.9 Å². The first kappa shape index (κ1) is 12.9. The number of anilines is 1. The van der Waals surface area contributed by atoms with Gasteiger partial charge in [-0.1, -0.05) is 0 Å². The Bertz CT molecular complexity index is 519. The fourth-order valence-corrected chi connectivity index (χ4v) is 1.49. The second-order valence-corrected chi connectivity index (χ2v) is 3.87. The van der Waals surface area contributed by atoms with Crippen LogP contribution in [0.4, 0.5) is 5.69 Å². The van der Waals surface area contributed by atoms with Crippen LogP contribution in [0, 0.1) is 0 Å². The molecule has 0 aliphatic carbocycles. The molecule has 2 aromatic heterocycles. The van der Waals surface area contributed by atoms with Gasteiger partial charge < -0.3 is 15.1 Å². The topological polar surface area (TPSA) is 100 Å². The molecule has 19 heavy (non-hydrogen) atoms. The van der Waals surface area contributed by atoms with E-state index in [2.05, 4.69) is 20.8 Å². The summed E-state index contributed by atoms with van der Waals surface area (Å²) in [7, 11) is 0. The summed E-state index contributed by atoms with van der Waals surface area (Å²) in [5.41, 5.74) is 0.629. The van der Waals surface area contributed by atoms with Crippen molar-refractivity contribution >= 4 is 17.5 Å². The molecule has 3 N–H and O–H groups in total. The van der Waals surface area contributed by atoms with E-state index in [1.165, 1.54) is 12.5 Å². The molecule has 0 spiro atoms. The Morgan fingerprint density at radius 2 is 2.32 bits per heavy atom. The number of aromatic nitrogens is 2. The van der Waals surface area contributed by atoms with Crippen molar-refractivity contribution < 1.29 is 14.0 Å². The number of aromatic amines is 1. The second kappa shape index (κ2) is 6.39. The third-order valence-electron chi connectivity index (χ3n) is 2.39. The number of amides is 2. The zero-order valence-electron chi connectivity index (χ0n) is 10.2. The minimum absolute atomic E-state index is 0.117. The van der Waals surface area contributed by atoms with Crippen LogP contribution in [0.3, 0.4) is 0 Å². The van der Waals surface area contributed by atoms with Gasteiger partial charge >= 0.3 is 0 Å². The summed E-state index contributed by atoms with van der Waals surface area (Å²) in [6.07, 6.45) is 5.43. The molecule has 0 saturated carbocycles. The molecule has 0 aliphatic rings. The molecule has 0 aromatic carbocycles. The van der Waals surface area contributed by atoms with Crippen LogP contribution in [0.25, 0.3) is 0 Å². The Kier molecular flexibility index (Phi) is 4.33. The van der Waals surface area contributed by atoms with Crippen LogP contribution in [0.15, 0.2) is 35.2 Å². The van der Waals surface area contributed by atoms with Gasteiger partial charge in [-0.25, -0.2) is 0 Å². The highest BCUT2D eigenvalue weighted by Crippen LogP contribution is 2.03. The maximum atomic E-state index is 11.5. The lowest BCUT2D eigenvalue weighted by Crippen LogP contribution is -2.25. The van der Waals surface area contributed by atoms with Gasteiger partial charge in [0.25, 0.3) is 5.91 Å². The number of H-pyrrole nitrogens is 1. The zero-order chi connectivity index (χ0) is 13.5. The Balaban J connectivity index is 1.61. The first-order valence-electron chi connectivity index (χ1n) is 5.86. The summed E-state index contributed by atoms with van der Waals surface area (Å²) in [6, 6.07) is 3.23. The molecule has 0 radical (unpaired) electrons. The van der Waals surface area contributed by atoms with Gasteiger partial charge in [0.05, 0.1) is 18.1 Å². The van der Waals surface area contributed by atoms with Gasteiger partial charge in [0.1, 0.15) is 0 Å². The third-order valence-corrected chi connectivity index (χ3v) is 2.39. The highest BCUT2D eigenvalue weighted by atomic mass is 16.3. The van der Waals surface area contributed by atoms with E-state index in [9.17, 15) is 9.59 Å². The van der Waals surface area contributed by atoms with Crippen LogP contribution in [-0.4, -0.2) is 28.6 Å². The fourth-order valence-electron chi connectivity index (χ4n) is 1.49. The van der Waals surface area contributed by atoms with E-state index < -0.39 is 0 Å². The van der Waals surface area contributed by atoms with Crippen molar-refractivity contribution in [3.8, 4) is 0 Å². The number of furan rings is 1. The molecule has 0 saturated heterocycles. The quantitative estimate of drug-likeness (QED) is 0.680. The SMILES string of the molecule is O=C(CCCNC(=O)c1ccco1)Nc1cn[nH]c1. The van der Waals surface area contributed by atoms with Gasteiger partial charge in [0.15, 0.2) is 5.76 Å². The van der Waals surface area contributed by atoms with Gasteiger partial charge in [-0.05, 0) is 18.6 Å². The molecular weight excluding hydrogens is 248 g/mol. The molecule has 0 bridgehead atoms. The molecule has 100 valence electrons. The molecule has 2 rings (SSSR count). The molecule has 2 heterocycles. The van der Waals surface area contributed by atoms with Gasteiger partial charge in [0, 0.05) is 19.2 Å². The molecule has 0 fully saturated rings. The van der Waals surface area contributed by atoms with Crippen molar-refractivity contribution in [1.82, 2.24) is 15.5 Å². The van der Waals surface area contributed by atoms with Crippen LogP contribution < -0.4 is 10.6 Å². The van der Waals surface area contributed by atoms with Crippen LogP contribution in [0.5, 0.6) is 0 Å². The Labute approximate surface area is 109 Å². The fraction of sp³-hybridized carbons (Fsp3) is 0.250. The average Bonchev–Trinajstić information content (AvgIpc) is 3.06. The number of hydrogen-bond acceptors (Lipinski definition) is 4. The summed E-state index contributed by atoms with van der Waals surface area (Å²) in [4.78, 5) is 23.0. The number of rotatable bonds is 6. The summed E-state index contributed by atoms with van der Waals surface area (Å²) < 4.78 is 4.94. The number of carbonyl (C=O) groups is 2. The lowest BCUT2D eigenvalue weighted by Gasteiger charge is -2.03. The average molecular weight is 262 g/mol. The molecule has 7 heteroatoms. The van der Waals surface area contributed by atoms with E-state index in [0.29, 0.717) is 25.1 Å². The maximum Gasteiger partial charge on any atom is 0.286 e.